The molecule has 1 aromatic heterocycles. The van der Waals surface area contributed by atoms with Gasteiger partial charge in [-0.1, -0.05) is 0 Å². The molecule has 23 heavy (non-hydrogen) atoms. The van der Waals surface area contributed by atoms with E-state index in [0.717, 1.165) is 5.56 Å². The maximum atomic E-state index is 11.9. The van der Waals surface area contributed by atoms with E-state index in [4.69, 9.17) is 14.2 Å². The van der Waals surface area contributed by atoms with E-state index in [-0.39, 0.29) is 5.91 Å². The fourth-order valence-corrected chi connectivity index (χ4v) is 1.86. The number of carbonyl (C=O) groups is 1. The Balaban J connectivity index is 2.05. The number of benzene rings is 1. The van der Waals surface area contributed by atoms with Crippen LogP contribution in [0.3, 0.4) is 0 Å². The number of hydrogen-bond acceptors (Lipinski definition) is 5. The highest BCUT2D eigenvalue weighted by molar-refractivity contribution is 6.01. The quantitative estimate of drug-likeness (QED) is 0.830. The summed E-state index contributed by atoms with van der Waals surface area (Å²) in [5.74, 6) is 1.54. The van der Waals surface area contributed by atoms with Crippen LogP contribution in [0, 0.1) is 0 Å². The zero-order valence-corrected chi connectivity index (χ0v) is 13.2. The van der Waals surface area contributed by atoms with Crippen molar-refractivity contribution in [2.45, 2.75) is 0 Å². The second-order valence-electron chi connectivity index (χ2n) is 4.56. The molecule has 6 heteroatoms. The van der Waals surface area contributed by atoms with Crippen molar-refractivity contribution < 1.29 is 19.0 Å². The molecule has 6 nitrogen and oxygen atoms in total. The molecule has 1 amide bonds. The van der Waals surface area contributed by atoms with E-state index in [1.54, 1.807) is 50.6 Å². The molecule has 0 aliphatic heterocycles. The van der Waals surface area contributed by atoms with Gasteiger partial charge in [-0.15, -0.1) is 0 Å². The normalized spacial score (nSPS) is 10.4. The fourth-order valence-electron chi connectivity index (χ4n) is 1.86. The first-order chi connectivity index (χ1) is 11.1. The molecule has 0 radical (unpaired) electrons. The van der Waals surface area contributed by atoms with Crippen molar-refractivity contribution in [2.24, 2.45) is 0 Å². The summed E-state index contributed by atoms with van der Waals surface area (Å²) in [5, 5.41) is 2.71. The molecule has 0 aliphatic carbocycles. The first-order valence-electron chi connectivity index (χ1n) is 6.87. The van der Waals surface area contributed by atoms with Crippen molar-refractivity contribution >= 4 is 17.7 Å². The zero-order chi connectivity index (χ0) is 16.7. The van der Waals surface area contributed by atoms with Crippen molar-refractivity contribution in [2.75, 3.05) is 26.6 Å². The highest BCUT2D eigenvalue weighted by Crippen LogP contribution is 2.23. The number of ether oxygens (including phenoxy) is 3. The summed E-state index contributed by atoms with van der Waals surface area (Å²) in [5.41, 5.74) is 1.38. The molecule has 0 bridgehead atoms. The number of rotatable bonds is 6. The van der Waals surface area contributed by atoms with Crippen LogP contribution >= 0.6 is 0 Å². The minimum Gasteiger partial charge on any atom is -0.497 e. The Morgan fingerprint density at radius 2 is 1.74 bits per heavy atom. The third kappa shape index (κ3) is 4.74. The zero-order valence-electron chi connectivity index (χ0n) is 13.2. The summed E-state index contributed by atoms with van der Waals surface area (Å²) in [6.45, 7) is 0. The largest absolute Gasteiger partial charge is 0.497 e. The van der Waals surface area contributed by atoms with Crippen LogP contribution in [-0.4, -0.2) is 32.2 Å². The number of amides is 1. The average Bonchev–Trinajstić information content (AvgIpc) is 2.60. The molecule has 0 unspecified atom stereocenters. The molecule has 0 saturated heterocycles. The van der Waals surface area contributed by atoms with E-state index < -0.39 is 0 Å². The highest BCUT2D eigenvalue weighted by atomic mass is 16.5. The molecule has 1 N–H and O–H groups in total. The molecule has 2 aromatic rings. The Morgan fingerprint density at radius 3 is 2.26 bits per heavy atom. The summed E-state index contributed by atoms with van der Waals surface area (Å²) >= 11 is 0. The lowest BCUT2D eigenvalue weighted by atomic mass is 10.2. The van der Waals surface area contributed by atoms with Gasteiger partial charge in [-0.3, -0.25) is 4.79 Å². The van der Waals surface area contributed by atoms with E-state index in [1.165, 1.54) is 19.4 Å². The summed E-state index contributed by atoms with van der Waals surface area (Å²) in [6.07, 6.45) is 4.63. The summed E-state index contributed by atoms with van der Waals surface area (Å²) < 4.78 is 15.3. The number of carbonyl (C=O) groups excluding carboxylic acids is 1. The summed E-state index contributed by atoms with van der Waals surface area (Å²) in [7, 11) is 4.68. The second kappa shape index (κ2) is 7.84. The van der Waals surface area contributed by atoms with Gasteiger partial charge in [0.1, 0.15) is 11.5 Å². The van der Waals surface area contributed by atoms with Gasteiger partial charge in [0, 0.05) is 18.2 Å². The Morgan fingerprint density at radius 1 is 1.04 bits per heavy atom. The minimum absolute atomic E-state index is 0.265. The van der Waals surface area contributed by atoms with E-state index in [0.29, 0.717) is 23.1 Å². The molecule has 0 aliphatic rings. The van der Waals surface area contributed by atoms with Crippen molar-refractivity contribution in [1.82, 2.24) is 4.98 Å². The van der Waals surface area contributed by atoms with Gasteiger partial charge >= 0.3 is 0 Å². The number of pyridine rings is 1. The van der Waals surface area contributed by atoms with Crippen LogP contribution < -0.4 is 19.5 Å². The molecule has 0 atom stereocenters. The molecule has 120 valence electrons. The Labute approximate surface area is 134 Å². The van der Waals surface area contributed by atoms with E-state index >= 15 is 0 Å². The van der Waals surface area contributed by atoms with Crippen LogP contribution in [-0.2, 0) is 4.79 Å². The lowest BCUT2D eigenvalue weighted by Crippen LogP contribution is -2.07. The van der Waals surface area contributed by atoms with E-state index in [1.807, 2.05) is 0 Å². The van der Waals surface area contributed by atoms with Gasteiger partial charge in [0.25, 0.3) is 0 Å². The van der Waals surface area contributed by atoms with Crippen LogP contribution in [0.2, 0.25) is 0 Å². The number of aromatic nitrogens is 1. The van der Waals surface area contributed by atoms with Gasteiger partial charge in [-0.25, -0.2) is 4.98 Å². The number of nitrogens with one attached hydrogen (secondary N) is 1. The van der Waals surface area contributed by atoms with Crippen molar-refractivity contribution in [3.05, 3.63) is 48.2 Å². The third-order valence-corrected chi connectivity index (χ3v) is 3.01. The third-order valence-electron chi connectivity index (χ3n) is 3.01. The average molecular weight is 314 g/mol. The van der Waals surface area contributed by atoms with Crippen molar-refractivity contribution in [3.63, 3.8) is 0 Å². The molecule has 0 fully saturated rings. The minimum atomic E-state index is -0.265. The predicted molar refractivity (Wildman–Crippen MR) is 88.0 cm³/mol. The Hall–Kier alpha value is -3.02. The molecular formula is C17H18N2O4. The topological polar surface area (TPSA) is 69.7 Å². The van der Waals surface area contributed by atoms with Crippen LogP contribution in [0.5, 0.6) is 17.4 Å². The van der Waals surface area contributed by atoms with Gasteiger partial charge in [0.15, 0.2) is 0 Å². The van der Waals surface area contributed by atoms with Crippen LogP contribution in [0.1, 0.15) is 5.56 Å². The Kier molecular flexibility index (Phi) is 5.57. The SMILES string of the molecule is COc1cc(/C=C/C(=O)Nc2ccc(OC)nc2)cc(OC)c1. The number of methoxy groups -OCH3 is 3. The summed E-state index contributed by atoms with van der Waals surface area (Å²) in [6, 6.07) is 8.77. The van der Waals surface area contributed by atoms with Crippen molar-refractivity contribution in [1.29, 1.82) is 0 Å². The van der Waals surface area contributed by atoms with Crippen LogP contribution in [0.4, 0.5) is 5.69 Å². The predicted octanol–water partition coefficient (Wildman–Crippen LogP) is 2.76. The van der Waals surface area contributed by atoms with E-state index in [9.17, 15) is 4.79 Å². The highest BCUT2D eigenvalue weighted by Gasteiger charge is 2.02. The molecule has 2 rings (SSSR count). The van der Waals surface area contributed by atoms with Gasteiger partial charge < -0.3 is 19.5 Å². The molecular weight excluding hydrogens is 296 g/mol. The molecule has 0 spiro atoms. The van der Waals surface area contributed by atoms with Gasteiger partial charge in [-0.2, -0.15) is 0 Å². The lowest BCUT2D eigenvalue weighted by Gasteiger charge is -2.06. The monoisotopic (exact) mass is 314 g/mol. The standard InChI is InChI=1S/C17H18N2O4/c1-21-14-8-12(9-15(10-14)22-2)4-6-16(20)19-13-5-7-17(23-3)18-11-13/h4-11H,1-3H3,(H,19,20)/b6-4+. The Bertz CT molecular complexity index is 674. The summed E-state index contributed by atoms with van der Waals surface area (Å²) in [4.78, 5) is 15.9. The smallest absolute Gasteiger partial charge is 0.248 e. The maximum absolute atomic E-state index is 11.9. The number of nitrogens with zero attached hydrogens (tertiary/aromatic N) is 1. The number of hydrogen-bond donors (Lipinski definition) is 1. The van der Waals surface area contributed by atoms with Crippen LogP contribution in [0.15, 0.2) is 42.6 Å². The molecule has 1 aromatic carbocycles. The fraction of sp³-hybridized carbons (Fsp3) is 0.176. The van der Waals surface area contributed by atoms with Gasteiger partial charge in [0.2, 0.25) is 11.8 Å². The first kappa shape index (κ1) is 16.4. The van der Waals surface area contributed by atoms with E-state index in [2.05, 4.69) is 10.3 Å². The molecule has 0 saturated carbocycles. The van der Waals surface area contributed by atoms with Gasteiger partial charge in [-0.05, 0) is 29.8 Å². The van der Waals surface area contributed by atoms with Crippen molar-refractivity contribution in [3.8, 4) is 17.4 Å². The molecule has 1 heterocycles. The second-order valence-corrected chi connectivity index (χ2v) is 4.56. The first-order valence-corrected chi connectivity index (χ1v) is 6.87. The van der Waals surface area contributed by atoms with Gasteiger partial charge in [0.05, 0.1) is 33.2 Å². The lowest BCUT2D eigenvalue weighted by molar-refractivity contribution is -0.111. The number of anilines is 1. The van der Waals surface area contributed by atoms with Crippen LogP contribution in [0.25, 0.3) is 6.08 Å². The maximum Gasteiger partial charge on any atom is 0.248 e.